The molecule has 3 nitrogen and oxygen atoms in total. The van der Waals surface area contributed by atoms with Crippen LogP contribution in [0.2, 0.25) is 0 Å². The summed E-state index contributed by atoms with van der Waals surface area (Å²) in [4.78, 5) is 11.7. The van der Waals surface area contributed by atoms with E-state index in [0.29, 0.717) is 5.39 Å². The lowest BCUT2D eigenvalue weighted by atomic mass is 9.95. The van der Waals surface area contributed by atoms with Crippen molar-refractivity contribution in [2.75, 3.05) is 0 Å². The van der Waals surface area contributed by atoms with Crippen LogP contribution in [0.5, 0.6) is 0 Å². The molecule has 24 heavy (non-hydrogen) atoms. The molecule has 1 atom stereocenters. The molecule has 1 N–H and O–H groups in total. The van der Waals surface area contributed by atoms with E-state index in [1.807, 2.05) is 6.07 Å². The number of halogens is 4. The van der Waals surface area contributed by atoms with Crippen molar-refractivity contribution in [1.82, 2.24) is 10.4 Å². The summed E-state index contributed by atoms with van der Waals surface area (Å²) >= 11 is 3.35. The summed E-state index contributed by atoms with van der Waals surface area (Å²) in [6.45, 7) is 3.25. The predicted octanol–water partition coefficient (Wildman–Crippen LogP) is 4.72. The topological polar surface area (TPSA) is 32.3 Å². The zero-order valence-electron chi connectivity index (χ0n) is 13.1. The Morgan fingerprint density at radius 2 is 1.79 bits per heavy atom. The molecule has 2 aromatic rings. The first-order chi connectivity index (χ1) is 11.1. The lowest BCUT2D eigenvalue weighted by Crippen LogP contribution is -2.51. The molecule has 1 aliphatic rings. The largest absolute Gasteiger partial charge is 0.409 e. The average Bonchev–Trinajstić information content (AvgIpc) is 2.70. The van der Waals surface area contributed by atoms with Gasteiger partial charge in [-0.2, -0.15) is 18.2 Å². The number of hydrogen-bond donors (Lipinski definition) is 1. The second kappa shape index (κ2) is 5.74. The molecular formula is C17H16BrF3N2O. The Hall–Kier alpha value is -1.60. The van der Waals surface area contributed by atoms with Gasteiger partial charge in [0.15, 0.2) is 6.04 Å². The molecular weight excluding hydrogens is 385 g/mol. The number of nitrogens with one attached hydrogen (secondary N) is 1. The van der Waals surface area contributed by atoms with E-state index in [1.165, 1.54) is 12.1 Å². The monoisotopic (exact) mass is 400 g/mol. The molecule has 1 fully saturated rings. The molecule has 2 aromatic carbocycles. The summed E-state index contributed by atoms with van der Waals surface area (Å²) in [5.41, 5.74) is 1.55. The van der Waals surface area contributed by atoms with Crippen LogP contribution in [0.25, 0.3) is 10.8 Å². The highest BCUT2D eigenvalue weighted by Crippen LogP contribution is 2.43. The maximum atomic E-state index is 13.8. The van der Waals surface area contributed by atoms with Crippen molar-refractivity contribution in [1.29, 1.82) is 0 Å². The Kier molecular flexibility index (Phi) is 4.12. The average molecular weight is 401 g/mol. The van der Waals surface area contributed by atoms with Gasteiger partial charge in [0, 0.05) is 16.4 Å². The van der Waals surface area contributed by atoms with E-state index in [0.717, 1.165) is 14.9 Å². The third-order valence-electron chi connectivity index (χ3n) is 4.20. The Morgan fingerprint density at radius 3 is 2.38 bits per heavy atom. The molecule has 1 aliphatic heterocycles. The highest BCUT2D eigenvalue weighted by Gasteiger charge is 2.52. The van der Waals surface area contributed by atoms with Gasteiger partial charge < -0.3 is 0 Å². The molecule has 0 bridgehead atoms. The van der Waals surface area contributed by atoms with E-state index in [1.54, 1.807) is 32.0 Å². The van der Waals surface area contributed by atoms with Crippen LogP contribution in [-0.4, -0.2) is 22.6 Å². The van der Waals surface area contributed by atoms with Gasteiger partial charge in [0.25, 0.3) is 0 Å². The molecule has 0 aliphatic carbocycles. The quantitative estimate of drug-likeness (QED) is 0.790. The summed E-state index contributed by atoms with van der Waals surface area (Å²) in [6, 6.07) is 8.17. The van der Waals surface area contributed by atoms with Gasteiger partial charge in [0.05, 0.1) is 0 Å². The number of fused-ring (bicyclic) bond motifs is 1. The van der Waals surface area contributed by atoms with Gasteiger partial charge in [0.1, 0.15) is 0 Å². The highest BCUT2D eigenvalue weighted by atomic mass is 79.9. The van der Waals surface area contributed by atoms with E-state index in [-0.39, 0.29) is 12.0 Å². The SMILES string of the molecule is CC1(C)CC(=O)NN1[C@@H](c1ccc2cc(Br)ccc2c1)C(F)(F)F. The minimum Gasteiger partial charge on any atom is -0.287 e. The number of hydrazine groups is 1. The molecule has 0 saturated carbocycles. The first-order valence-corrected chi connectivity index (χ1v) is 8.22. The second-order valence-electron chi connectivity index (χ2n) is 6.59. The van der Waals surface area contributed by atoms with Crippen LogP contribution in [0.4, 0.5) is 13.2 Å². The third kappa shape index (κ3) is 3.15. The van der Waals surface area contributed by atoms with E-state index >= 15 is 0 Å². The number of amides is 1. The Labute approximate surface area is 145 Å². The van der Waals surface area contributed by atoms with Crippen molar-refractivity contribution >= 4 is 32.6 Å². The number of hydrogen-bond acceptors (Lipinski definition) is 2. The third-order valence-corrected chi connectivity index (χ3v) is 4.69. The minimum absolute atomic E-state index is 0.0279. The molecule has 7 heteroatoms. The minimum atomic E-state index is -4.52. The smallest absolute Gasteiger partial charge is 0.287 e. The molecule has 128 valence electrons. The van der Waals surface area contributed by atoms with Crippen molar-refractivity contribution in [3.63, 3.8) is 0 Å². The number of carbonyl (C=O) groups is 1. The summed E-state index contributed by atoms with van der Waals surface area (Å²) < 4.78 is 42.2. The Morgan fingerprint density at radius 1 is 1.17 bits per heavy atom. The second-order valence-corrected chi connectivity index (χ2v) is 7.50. The van der Waals surface area contributed by atoms with Crippen LogP contribution < -0.4 is 5.43 Å². The van der Waals surface area contributed by atoms with Crippen molar-refractivity contribution in [2.45, 2.75) is 38.0 Å². The molecule has 1 heterocycles. The van der Waals surface area contributed by atoms with E-state index in [4.69, 9.17) is 0 Å². The van der Waals surface area contributed by atoms with Crippen LogP contribution >= 0.6 is 15.9 Å². The molecule has 0 radical (unpaired) electrons. The van der Waals surface area contributed by atoms with Gasteiger partial charge >= 0.3 is 6.18 Å². The standard InChI is InChI=1S/C17H16BrF3N2O/c1-16(2)9-14(24)22-23(16)15(17(19,20)21)12-4-3-11-8-13(18)6-5-10(11)7-12/h3-8,15H,9H2,1-2H3,(H,22,24)/t15-/m0/s1. The van der Waals surface area contributed by atoms with Gasteiger partial charge in [-0.25, -0.2) is 0 Å². The lowest BCUT2D eigenvalue weighted by Gasteiger charge is -2.38. The van der Waals surface area contributed by atoms with Gasteiger partial charge in [0.2, 0.25) is 5.91 Å². The maximum absolute atomic E-state index is 13.8. The molecule has 0 unspecified atom stereocenters. The number of rotatable bonds is 2. The van der Waals surface area contributed by atoms with Crippen molar-refractivity contribution < 1.29 is 18.0 Å². The van der Waals surface area contributed by atoms with Crippen molar-refractivity contribution in [3.05, 3.63) is 46.4 Å². The van der Waals surface area contributed by atoms with Crippen molar-refractivity contribution in [3.8, 4) is 0 Å². The van der Waals surface area contributed by atoms with Crippen LogP contribution in [0.3, 0.4) is 0 Å². The molecule has 0 spiro atoms. The Bertz CT molecular complexity index is 804. The van der Waals surface area contributed by atoms with Crippen LogP contribution in [0.15, 0.2) is 40.9 Å². The fourth-order valence-corrected chi connectivity index (χ4v) is 3.49. The van der Waals surface area contributed by atoms with Gasteiger partial charge in [-0.05, 0) is 48.4 Å². The van der Waals surface area contributed by atoms with Gasteiger partial charge in [-0.15, -0.1) is 0 Å². The van der Waals surface area contributed by atoms with Crippen molar-refractivity contribution in [2.24, 2.45) is 0 Å². The molecule has 0 aromatic heterocycles. The fraction of sp³-hybridized carbons (Fsp3) is 0.353. The fourth-order valence-electron chi connectivity index (χ4n) is 3.11. The van der Waals surface area contributed by atoms with E-state index in [9.17, 15) is 18.0 Å². The predicted molar refractivity (Wildman–Crippen MR) is 89.1 cm³/mol. The normalized spacial score (nSPS) is 19.5. The van der Waals surface area contributed by atoms with E-state index < -0.39 is 23.7 Å². The molecule has 3 rings (SSSR count). The summed E-state index contributed by atoms with van der Waals surface area (Å²) in [5.74, 6) is -0.404. The first kappa shape index (κ1) is 17.2. The number of alkyl halides is 3. The number of nitrogens with zero attached hydrogens (tertiary/aromatic N) is 1. The van der Waals surface area contributed by atoms with Gasteiger partial charge in [-0.1, -0.05) is 34.1 Å². The lowest BCUT2D eigenvalue weighted by molar-refractivity contribution is -0.203. The zero-order valence-corrected chi connectivity index (χ0v) is 14.7. The van der Waals surface area contributed by atoms with Crippen LogP contribution in [0, 0.1) is 0 Å². The van der Waals surface area contributed by atoms with Gasteiger partial charge in [-0.3, -0.25) is 10.2 Å². The van der Waals surface area contributed by atoms with Crippen LogP contribution in [-0.2, 0) is 4.79 Å². The number of benzene rings is 2. The molecule has 1 saturated heterocycles. The van der Waals surface area contributed by atoms with Crippen LogP contribution in [0.1, 0.15) is 31.9 Å². The summed E-state index contributed by atoms with van der Waals surface area (Å²) in [6.07, 6.45) is -4.49. The summed E-state index contributed by atoms with van der Waals surface area (Å²) in [5, 5.41) is 2.59. The zero-order chi connectivity index (χ0) is 17.7. The summed E-state index contributed by atoms with van der Waals surface area (Å²) in [7, 11) is 0. The maximum Gasteiger partial charge on any atom is 0.409 e. The first-order valence-electron chi connectivity index (χ1n) is 7.43. The molecule has 1 amide bonds. The van der Waals surface area contributed by atoms with E-state index in [2.05, 4.69) is 21.4 Å². The highest BCUT2D eigenvalue weighted by molar-refractivity contribution is 9.10. The number of carbonyl (C=O) groups excluding carboxylic acids is 1. The Balaban J connectivity index is 2.10.